The van der Waals surface area contributed by atoms with Gasteiger partial charge in [-0.3, -0.25) is 0 Å². The van der Waals surface area contributed by atoms with Crippen LogP contribution in [0.25, 0.3) is 0 Å². The maximum atomic E-state index is 12.3. The van der Waals surface area contributed by atoms with Gasteiger partial charge in [0.05, 0.1) is 16.5 Å². The second kappa shape index (κ2) is 6.33. The van der Waals surface area contributed by atoms with E-state index in [-0.39, 0.29) is 16.3 Å². The molecule has 1 fully saturated rings. The Hall–Kier alpha value is -0.480. The second-order valence-corrected chi connectivity index (χ2v) is 9.10. The number of hydrogen-bond donors (Lipinski definition) is 2. The van der Waals surface area contributed by atoms with Gasteiger partial charge >= 0.3 is 5.97 Å². The summed E-state index contributed by atoms with van der Waals surface area (Å²) in [4.78, 5) is 11.6. The number of carbonyl (C=O) groups is 1. The highest BCUT2D eigenvalue weighted by molar-refractivity contribution is 9.11. The molecule has 0 atom stereocenters. The Morgan fingerprint density at radius 1 is 1.52 bits per heavy atom. The third-order valence-electron chi connectivity index (χ3n) is 3.46. The number of halogens is 1. The smallest absolute Gasteiger partial charge is 0.348 e. The number of sulfonamides is 1. The van der Waals surface area contributed by atoms with Gasteiger partial charge in [-0.2, -0.15) is 0 Å². The van der Waals surface area contributed by atoms with Crippen molar-refractivity contribution in [3.63, 3.8) is 0 Å². The molecule has 0 aliphatic heterocycles. The first-order chi connectivity index (χ1) is 9.77. The van der Waals surface area contributed by atoms with Crippen molar-refractivity contribution in [2.45, 2.75) is 36.2 Å². The van der Waals surface area contributed by atoms with Gasteiger partial charge in [-0.25, -0.2) is 17.9 Å². The van der Waals surface area contributed by atoms with E-state index in [9.17, 15) is 18.3 Å². The summed E-state index contributed by atoms with van der Waals surface area (Å²) in [6, 6.07) is 1.27. The van der Waals surface area contributed by atoms with Gasteiger partial charge in [0.2, 0.25) is 10.0 Å². The molecule has 0 amide bonds. The first-order valence-electron chi connectivity index (χ1n) is 6.37. The molecule has 1 aliphatic carbocycles. The highest BCUT2D eigenvalue weighted by atomic mass is 79.9. The molecule has 21 heavy (non-hydrogen) atoms. The number of hydrogen-bond acceptors (Lipinski definition) is 6. The molecular formula is C12H16BrNO5S2. The molecule has 6 nitrogen and oxygen atoms in total. The lowest BCUT2D eigenvalue weighted by atomic mass is 10.0. The van der Waals surface area contributed by atoms with E-state index in [2.05, 4.69) is 25.4 Å². The van der Waals surface area contributed by atoms with E-state index in [1.54, 1.807) is 0 Å². The van der Waals surface area contributed by atoms with Crippen LogP contribution in [-0.2, 0) is 14.8 Å². The van der Waals surface area contributed by atoms with Crippen LogP contribution in [0.4, 0.5) is 0 Å². The molecule has 1 heterocycles. The Balaban J connectivity index is 2.16. The highest BCUT2D eigenvalue weighted by Crippen LogP contribution is 2.33. The number of methoxy groups -OCH3 is 1. The minimum Gasteiger partial charge on any atom is -0.465 e. The summed E-state index contributed by atoms with van der Waals surface area (Å²) in [6.45, 7) is -0.0226. The number of rotatable bonds is 5. The lowest BCUT2D eigenvalue weighted by Crippen LogP contribution is -2.40. The Morgan fingerprint density at radius 3 is 2.71 bits per heavy atom. The normalized spacial score (nSPS) is 17.9. The van der Waals surface area contributed by atoms with Crippen molar-refractivity contribution < 1.29 is 23.1 Å². The predicted molar refractivity (Wildman–Crippen MR) is 82.0 cm³/mol. The van der Waals surface area contributed by atoms with E-state index in [0.29, 0.717) is 16.6 Å². The molecule has 1 aromatic rings. The van der Waals surface area contributed by atoms with E-state index in [4.69, 9.17) is 0 Å². The Bertz CT molecular complexity index is 634. The summed E-state index contributed by atoms with van der Waals surface area (Å²) in [5.74, 6) is -0.587. The predicted octanol–water partition coefficient (Wildman–Crippen LogP) is 1.88. The summed E-state index contributed by atoms with van der Waals surface area (Å²) >= 11 is 4.14. The molecule has 0 aromatic carbocycles. The Morgan fingerprint density at radius 2 is 2.14 bits per heavy atom. The maximum absolute atomic E-state index is 12.3. The number of nitrogens with one attached hydrogen (secondary N) is 1. The van der Waals surface area contributed by atoms with Crippen LogP contribution in [0.2, 0.25) is 0 Å². The van der Waals surface area contributed by atoms with Crippen LogP contribution in [0.3, 0.4) is 0 Å². The quantitative estimate of drug-likeness (QED) is 0.739. The molecular weight excluding hydrogens is 382 g/mol. The first-order valence-corrected chi connectivity index (χ1v) is 9.46. The number of carbonyl (C=O) groups excluding carboxylic acids is 1. The number of thiophene rings is 1. The zero-order chi connectivity index (χ0) is 15.7. The summed E-state index contributed by atoms with van der Waals surface area (Å²) < 4.78 is 31.9. The molecule has 0 bridgehead atoms. The molecule has 1 saturated carbocycles. The summed E-state index contributed by atoms with van der Waals surface area (Å²) in [5.41, 5.74) is -0.971. The van der Waals surface area contributed by atoms with E-state index in [0.717, 1.165) is 24.2 Å². The topological polar surface area (TPSA) is 92.7 Å². The lowest BCUT2D eigenvalue weighted by molar-refractivity contribution is 0.0531. The van der Waals surface area contributed by atoms with Gasteiger partial charge in [0.25, 0.3) is 0 Å². The van der Waals surface area contributed by atoms with Gasteiger partial charge in [-0.05, 0) is 34.8 Å². The van der Waals surface area contributed by atoms with E-state index in [1.807, 2.05) is 0 Å². The van der Waals surface area contributed by atoms with Crippen molar-refractivity contribution in [3.05, 3.63) is 14.7 Å². The third-order valence-corrected chi connectivity index (χ3v) is 7.09. The molecule has 0 unspecified atom stereocenters. The monoisotopic (exact) mass is 397 g/mol. The average molecular weight is 398 g/mol. The van der Waals surface area contributed by atoms with Gasteiger partial charge in [0.15, 0.2) is 0 Å². The van der Waals surface area contributed by atoms with Crippen LogP contribution < -0.4 is 4.72 Å². The van der Waals surface area contributed by atoms with Crippen molar-refractivity contribution in [1.82, 2.24) is 4.72 Å². The van der Waals surface area contributed by atoms with Crippen LogP contribution >= 0.6 is 27.3 Å². The van der Waals surface area contributed by atoms with E-state index < -0.39 is 21.6 Å². The van der Waals surface area contributed by atoms with Crippen LogP contribution in [0.5, 0.6) is 0 Å². The van der Waals surface area contributed by atoms with Gasteiger partial charge < -0.3 is 9.84 Å². The van der Waals surface area contributed by atoms with Crippen molar-refractivity contribution in [1.29, 1.82) is 0 Å². The maximum Gasteiger partial charge on any atom is 0.348 e. The molecule has 0 saturated heterocycles. The third kappa shape index (κ3) is 3.84. The van der Waals surface area contributed by atoms with E-state index in [1.165, 1.54) is 13.2 Å². The van der Waals surface area contributed by atoms with Crippen LogP contribution in [0.1, 0.15) is 35.4 Å². The zero-order valence-corrected chi connectivity index (χ0v) is 14.6. The van der Waals surface area contributed by atoms with E-state index >= 15 is 0 Å². The molecule has 118 valence electrons. The zero-order valence-electron chi connectivity index (χ0n) is 11.4. The highest BCUT2D eigenvalue weighted by Gasteiger charge is 2.33. The minimum absolute atomic E-state index is 0.0190. The van der Waals surface area contributed by atoms with Crippen LogP contribution in [-0.4, -0.2) is 38.7 Å². The fourth-order valence-corrected chi connectivity index (χ4v) is 5.85. The number of esters is 1. The lowest BCUT2D eigenvalue weighted by Gasteiger charge is -2.22. The van der Waals surface area contributed by atoms with Gasteiger partial charge in [-0.1, -0.05) is 12.8 Å². The SMILES string of the molecule is COC(=O)c1cc(S(=O)(=O)NCC2(O)CCCC2)c(Br)s1. The molecule has 1 aliphatic rings. The molecule has 1 aromatic heterocycles. The van der Waals surface area contributed by atoms with Crippen LogP contribution in [0.15, 0.2) is 14.7 Å². The fourth-order valence-electron chi connectivity index (χ4n) is 2.25. The van der Waals surface area contributed by atoms with Crippen molar-refractivity contribution in [2.75, 3.05) is 13.7 Å². The first kappa shape index (κ1) is 16.9. The average Bonchev–Trinajstić information content (AvgIpc) is 3.03. The molecule has 2 rings (SSSR count). The Kier molecular flexibility index (Phi) is 5.09. The number of aliphatic hydroxyl groups is 1. The standard InChI is InChI=1S/C12H16BrNO5S2/c1-19-11(15)8-6-9(10(13)20-8)21(17,18)14-7-12(16)4-2-3-5-12/h6,14,16H,2-5,7H2,1H3. The number of ether oxygens (including phenoxy) is 1. The fraction of sp³-hybridized carbons (Fsp3) is 0.583. The Labute approximate surface area is 135 Å². The van der Waals surface area contributed by atoms with Crippen molar-refractivity contribution >= 4 is 43.3 Å². The largest absolute Gasteiger partial charge is 0.465 e. The van der Waals surface area contributed by atoms with Gasteiger partial charge in [-0.15, -0.1) is 11.3 Å². The molecule has 9 heteroatoms. The summed E-state index contributed by atoms with van der Waals surface area (Å²) in [7, 11) is -2.56. The van der Waals surface area contributed by atoms with Gasteiger partial charge in [0.1, 0.15) is 9.77 Å². The summed E-state index contributed by atoms with van der Waals surface area (Å²) in [5, 5.41) is 10.2. The minimum atomic E-state index is -3.79. The second-order valence-electron chi connectivity index (χ2n) is 5.00. The molecule has 2 N–H and O–H groups in total. The van der Waals surface area contributed by atoms with Crippen molar-refractivity contribution in [2.24, 2.45) is 0 Å². The summed E-state index contributed by atoms with van der Waals surface area (Å²) in [6.07, 6.45) is 2.97. The molecule has 0 radical (unpaired) electrons. The van der Waals surface area contributed by atoms with Gasteiger partial charge in [0, 0.05) is 6.54 Å². The van der Waals surface area contributed by atoms with Crippen LogP contribution in [0, 0.1) is 0 Å². The molecule has 0 spiro atoms. The van der Waals surface area contributed by atoms with Crippen molar-refractivity contribution in [3.8, 4) is 0 Å².